The van der Waals surface area contributed by atoms with Crippen LogP contribution in [0, 0.1) is 0 Å². The van der Waals surface area contributed by atoms with Crippen LogP contribution < -0.4 is 9.46 Å². The van der Waals surface area contributed by atoms with Gasteiger partial charge in [0.05, 0.1) is 11.5 Å². The molecule has 0 amide bonds. The van der Waals surface area contributed by atoms with Gasteiger partial charge in [0.15, 0.2) is 0 Å². The van der Waals surface area contributed by atoms with Crippen LogP contribution in [0.3, 0.4) is 0 Å². The summed E-state index contributed by atoms with van der Waals surface area (Å²) >= 11 is 0. The minimum Gasteiger partial charge on any atom is -0.485 e. The maximum absolute atomic E-state index is 11.9. The van der Waals surface area contributed by atoms with Crippen molar-refractivity contribution in [2.45, 2.75) is 43.8 Å². The zero-order valence-corrected chi connectivity index (χ0v) is 12.5. The van der Waals surface area contributed by atoms with E-state index in [1.54, 1.807) is 0 Å². The summed E-state index contributed by atoms with van der Waals surface area (Å²) in [6.07, 6.45) is 1.13. The van der Waals surface area contributed by atoms with Crippen molar-refractivity contribution in [1.29, 1.82) is 0 Å². The van der Waals surface area contributed by atoms with Gasteiger partial charge in [-0.3, -0.25) is 0 Å². The normalized spacial score (nSPS) is 20.1. The summed E-state index contributed by atoms with van der Waals surface area (Å²) in [4.78, 5) is 0.765. The summed E-state index contributed by atoms with van der Waals surface area (Å²) in [5.74, 6) is 0.775. The van der Waals surface area contributed by atoms with E-state index in [4.69, 9.17) is 9.47 Å². The number of nitrogens with one attached hydrogen (secondary N) is 1. The van der Waals surface area contributed by atoms with E-state index >= 15 is 0 Å². The molecule has 2 rings (SSSR count). The van der Waals surface area contributed by atoms with E-state index in [-0.39, 0.29) is 11.7 Å². The molecule has 0 spiro atoms. The van der Waals surface area contributed by atoms with Gasteiger partial charge in [0, 0.05) is 6.54 Å². The lowest BCUT2D eigenvalue weighted by molar-refractivity contribution is 0.0744. The van der Waals surface area contributed by atoms with E-state index in [0.717, 1.165) is 30.2 Å². The largest absolute Gasteiger partial charge is 0.485 e. The highest BCUT2D eigenvalue weighted by Crippen LogP contribution is 2.29. The predicted molar refractivity (Wildman–Crippen MR) is 75.6 cm³/mol. The molecule has 1 aliphatic rings. The summed E-state index contributed by atoms with van der Waals surface area (Å²) < 4.78 is 26.0. The number of hydrogen-bond donors (Lipinski definition) is 1. The molecule has 2 atom stereocenters. The summed E-state index contributed by atoms with van der Waals surface area (Å²) in [6.45, 7) is 7.58. The van der Waals surface area contributed by atoms with Crippen molar-refractivity contribution in [2.24, 2.45) is 0 Å². The van der Waals surface area contributed by atoms with Crippen molar-refractivity contribution < 1.29 is 13.7 Å². The van der Waals surface area contributed by atoms with E-state index in [1.165, 1.54) is 0 Å². The summed E-state index contributed by atoms with van der Waals surface area (Å²) in [6, 6.07) is 7.37. The van der Waals surface area contributed by atoms with Gasteiger partial charge in [0.1, 0.15) is 28.4 Å². The summed E-state index contributed by atoms with van der Waals surface area (Å²) in [5.41, 5.74) is -0.318. The van der Waals surface area contributed by atoms with Gasteiger partial charge in [0.2, 0.25) is 0 Å². The molecule has 1 aromatic carbocycles. The van der Waals surface area contributed by atoms with Crippen molar-refractivity contribution in [3.8, 4) is 5.75 Å². The summed E-state index contributed by atoms with van der Waals surface area (Å²) in [7, 11) is -1.14. The maximum Gasteiger partial charge on any atom is 0.132 e. The monoisotopic (exact) mass is 283 g/mol. The second kappa shape index (κ2) is 6.03. The zero-order chi connectivity index (χ0) is 13.9. The molecule has 1 saturated heterocycles. The third kappa shape index (κ3) is 4.03. The molecule has 0 radical (unpaired) electrons. The van der Waals surface area contributed by atoms with Crippen LogP contribution in [0.15, 0.2) is 29.2 Å². The van der Waals surface area contributed by atoms with Crippen LogP contribution in [-0.4, -0.2) is 29.1 Å². The number of benzene rings is 1. The number of hydrogen-bond acceptors (Lipinski definition) is 3. The first-order valence-electron chi connectivity index (χ1n) is 6.59. The van der Waals surface area contributed by atoms with Crippen LogP contribution in [0.4, 0.5) is 0 Å². The molecule has 0 aliphatic carbocycles. The van der Waals surface area contributed by atoms with Gasteiger partial charge in [-0.2, -0.15) is 0 Å². The molecule has 1 fully saturated rings. The van der Waals surface area contributed by atoms with E-state index < -0.39 is 11.0 Å². The molecule has 1 aromatic rings. The van der Waals surface area contributed by atoms with Crippen molar-refractivity contribution in [3.63, 3.8) is 0 Å². The average Bonchev–Trinajstić information content (AvgIpc) is 3.21. The number of rotatable bonds is 7. The van der Waals surface area contributed by atoms with Crippen LogP contribution in [0.25, 0.3) is 0 Å². The molecule has 19 heavy (non-hydrogen) atoms. The fourth-order valence-electron chi connectivity index (χ4n) is 1.73. The second-order valence-electron chi connectivity index (χ2n) is 5.16. The van der Waals surface area contributed by atoms with Crippen LogP contribution in [0.1, 0.15) is 27.2 Å². The van der Waals surface area contributed by atoms with E-state index in [2.05, 4.69) is 4.72 Å². The van der Waals surface area contributed by atoms with Gasteiger partial charge in [-0.05, 0) is 44.5 Å². The molecule has 2 unspecified atom stereocenters. The lowest BCUT2D eigenvalue weighted by atomic mass is 10.1. The first kappa shape index (κ1) is 14.5. The smallest absolute Gasteiger partial charge is 0.132 e. The minimum absolute atomic E-state index is 0.174. The Balaban J connectivity index is 1.96. The predicted octanol–water partition coefficient (Wildman–Crippen LogP) is 2.27. The molecule has 1 N–H and O–H groups in total. The molecule has 0 bridgehead atoms. The van der Waals surface area contributed by atoms with Gasteiger partial charge in [-0.15, -0.1) is 0 Å². The molecule has 1 aliphatic heterocycles. The highest BCUT2D eigenvalue weighted by molar-refractivity contribution is 7.83. The Kier molecular flexibility index (Phi) is 4.60. The fraction of sp³-hybridized carbons (Fsp3) is 0.571. The van der Waals surface area contributed by atoms with E-state index in [1.807, 2.05) is 45.0 Å². The third-order valence-corrected chi connectivity index (χ3v) is 4.18. The Morgan fingerprint density at radius 1 is 1.42 bits per heavy atom. The molecule has 4 nitrogen and oxygen atoms in total. The third-order valence-electron chi connectivity index (χ3n) is 3.01. The molecular formula is C14H21NO3S. The van der Waals surface area contributed by atoms with Crippen molar-refractivity contribution in [3.05, 3.63) is 24.3 Å². The molecule has 5 heteroatoms. The Labute approximate surface area is 117 Å². The van der Waals surface area contributed by atoms with Gasteiger partial charge >= 0.3 is 0 Å². The average molecular weight is 283 g/mol. The second-order valence-corrected chi connectivity index (χ2v) is 6.46. The quantitative estimate of drug-likeness (QED) is 0.781. The first-order valence-corrected chi connectivity index (χ1v) is 7.74. The molecule has 0 aromatic heterocycles. The van der Waals surface area contributed by atoms with Crippen LogP contribution in [0.2, 0.25) is 0 Å². The van der Waals surface area contributed by atoms with E-state index in [0.29, 0.717) is 0 Å². The maximum atomic E-state index is 11.9. The number of ether oxygens (including phenoxy) is 2. The Morgan fingerprint density at radius 3 is 2.58 bits per heavy atom. The van der Waals surface area contributed by atoms with E-state index in [9.17, 15) is 4.21 Å². The van der Waals surface area contributed by atoms with Crippen molar-refractivity contribution in [1.82, 2.24) is 4.72 Å². The van der Waals surface area contributed by atoms with Gasteiger partial charge in [-0.1, -0.05) is 6.92 Å². The standard InChI is InChI=1S/C14H21NO3S/c1-4-9-15-19(16)12-7-5-11(6-8-12)18-14(2,3)13-10-17-13/h5-8,13,15H,4,9-10H2,1-3H3. The topological polar surface area (TPSA) is 50.9 Å². The SMILES string of the molecule is CCCNS(=O)c1ccc(OC(C)(C)C2CO2)cc1. The van der Waals surface area contributed by atoms with Crippen LogP contribution in [-0.2, 0) is 15.7 Å². The number of epoxide rings is 1. The zero-order valence-electron chi connectivity index (χ0n) is 11.6. The Morgan fingerprint density at radius 2 is 2.05 bits per heavy atom. The van der Waals surface area contributed by atoms with Gasteiger partial charge in [0.25, 0.3) is 0 Å². The van der Waals surface area contributed by atoms with Gasteiger partial charge < -0.3 is 9.47 Å². The van der Waals surface area contributed by atoms with Crippen LogP contribution >= 0.6 is 0 Å². The molecule has 0 saturated carbocycles. The van der Waals surface area contributed by atoms with Crippen molar-refractivity contribution in [2.75, 3.05) is 13.2 Å². The molecular weight excluding hydrogens is 262 g/mol. The minimum atomic E-state index is -1.14. The highest BCUT2D eigenvalue weighted by Gasteiger charge is 2.41. The highest BCUT2D eigenvalue weighted by atomic mass is 32.2. The van der Waals surface area contributed by atoms with Crippen molar-refractivity contribution >= 4 is 11.0 Å². The molecule has 1 heterocycles. The lowest BCUT2D eigenvalue weighted by Gasteiger charge is -2.24. The van der Waals surface area contributed by atoms with Crippen LogP contribution in [0.5, 0.6) is 5.75 Å². The lowest BCUT2D eigenvalue weighted by Crippen LogP contribution is -2.34. The fourth-order valence-corrected chi connectivity index (χ4v) is 2.67. The Bertz CT molecular complexity index is 441. The first-order chi connectivity index (χ1) is 9.03. The Hall–Kier alpha value is -0.910. The molecule has 106 valence electrons. The van der Waals surface area contributed by atoms with Gasteiger partial charge in [-0.25, -0.2) is 8.93 Å². The summed E-state index contributed by atoms with van der Waals surface area (Å²) in [5, 5.41) is 0.